The average Bonchev–Trinajstić information content (AvgIpc) is 3.12. The molecule has 1 unspecified atom stereocenters. The predicted molar refractivity (Wildman–Crippen MR) is 83.2 cm³/mol. The van der Waals surface area contributed by atoms with Gasteiger partial charge in [-0.15, -0.1) is 0 Å². The van der Waals surface area contributed by atoms with Crippen LogP contribution in [0.5, 0.6) is 0 Å². The van der Waals surface area contributed by atoms with E-state index in [0.29, 0.717) is 18.9 Å². The van der Waals surface area contributed by atoms with Crippen LogP contribution in [-0.2, 0) is 11.3 Å². The summed E-state index contributed by atoms with van der Waals surface area (Å²) >= 11 is 1.53. The SMILES string of the molecule is CC(C)c1nccn1CCC(=O)NCC(O)c1ccsc1. The van der Waals surface area contributed by atoms with Gasteiger partial charge in [0.15, 0.2) is 0 Å². The monoisotopic (exact) mass is 307 g/mol. The standard InChI is InChI=1S/C15H21N3O2S/c1-11(2)15-16-5-7-18(15)6-3-14(20)17-9-13(19)12-4-8-21-10-12/h4-5,7-8,10-11,13,19H,3,6,9H2,1-2H3,(H,17,20). The fourth-order valence-electron chi connectivity index (χ4n) is 2.11. The van der Waals surface area contributed by atoms with Gasteiger partial charge in [0.2, 0.25) is 5.91 Å². The van der Waals surface area contributed by atoms with Crippen molar-refractivity contribution >= 4 is 17.2 Å². The number of aryl methyl sites for hydroxylation is 1. The molecular formula is C15H21N3O2S. The topological polar surface area (TPSA) is 67.2 Å². The molecule has 0 radical (unpaired) electrons. The summed E-state index contributed by atoms with van der Waals surface area (Å²) in [6.07, 6.45) is 3.39. The zero-order valence-electron chi connectivity index (χ0n) is 12.3. The number of carbonyl (C=O) groups excluding carboxylic acids is 1. The van der Waals surface area contributed by atoms with Crippen molar-refractivity contribution in [3.05, 3.63) is 40.6 Å². The molecule has 0 aliphatic carbocycles. The molecule has 0 aromatic carbocycles. The molecule has 1 atom stereocenters. The first-order valence-corrected chi connectivity index (χ1v) is 8.00. The Hall–Kier alpha value is -1.66. The van der Waals surface area contributed by atoms with Crippen molar-refractivity contribution in [2.75, 3.05) is 6.54 Å². The number of aliphatic hydroxyl groups excluding tert-OH is 1. The van der Waals surface area contributed by atoms with Gasteiger partial charge in [-0.05, 0) is 22.4 Å². The number of carbonyl (C=O) groups is 1. The number of nitrogens with one attached hydrogen (secondary N) is 1. The van der Waals surface area contributed by atoms with Crippen molar-refractivity contribution < 1.29 is 9.90 Å². The van der Waals surface area contributed by atoms with Gasteiger partial charge in [-0.2, -0.15) is 11.3 Å². The van der Waals surface area contributed by atoms with Crippen LogP contribution in [0.15, 0.2) is 29.2 Å². The van der Waals surface area contributed by atoms with E-state index in [0.717, 1.165) is 11.4 Å². The fourth-order valence-corrected chi connectivity index (χ4v) is 2.82. The van der Waals surface area contributed by atoms with Gasteiger partial charge >= 0.3 is 0 Å². The lowest BCUT2D eigenvalue weighted by molar-refractivity contribution is -0.121. The molecule has 0 aliphatic heterocycles. The van der Waals surface area contributed by atoms with Gasteiger partial charge in [-0.3, -0.25) is 4.79 Å². The molecule has 1 amide bonds. The van der Waals surface area contributed by atoms with E-state index in [1.165, 1.54) is 11.3 Å². The summed E-state index contributed by atoms with van der Waals surface area (Å²) in [6.45, 7) is 5.01. The number of imidazole rings is 1. The Balaban J connectivity index is 1.76. The Morgan fingerprint density at radius 2 is 2.33 bits per heavy atom. The number of amides is 1. The Morgan fingerprint density at radius 1 is 1.52 bits per heavy atom. The van der Waals surface area contributed by atoms with Gasteiger partial charge < -0.3 is 15.0 Å². The Morgan fingerprint density at radius 3 is 3.00 bits per heavy atom. The number of hydrogen-bond acceptors (Lipinski definition) is 4. The van der Waals surface area contributed by atoms with Crippen molar-refractivity contribution in [2.24, 2.45) is 0 Å². The van der Waals surface area contributed by atoms with Crippen molar-refractivity contribution in [1.82, 2.24) is 14.9 Å². The number of aliphatic hydroxyl groups is 1. The molecule has 0 saturated heterocycles. The minimum Gasteiger partial charge on any atom is -0.387 e. The molecule has 0 spiro atoms. The summed E-state index contributed by atoms with van der Waals surface area (Å²) in [5.74, 6) is 1.26. The number of nitrogens with zero attached hydrogens (tertiary/aromatic N) is 2. The van der Waals surface area contributed by atoms with Crippen LogP contribution >= 0.6 is 11.3 Å². The van der Waals surface area contributed by atoms with Gasteiger partial charge in [0.1, 0.15) is 5.82 Å². The first-order chi connectivity index (χ1) is 10.1. The lowest BCUT2D eigenvalue weighted by atomic mass is 10.2. The first-order valence-electron chi connectivity index (χ1n) is 7.05. The van der Waals surface area contributed by atoms with E-state index in [1.54, 1.807) is 6.20 Å². The normalized spacial score (nSPS) is 12.6. The lowest BCUT2D eigenvalue weighted by Crippen LogP contribution is -2.29. The molecule has 0 saturated carbocycles. The first kappa shape index (κ1) is 15.7. The highest BCUT2D eigenvalue weighted by molar-refractivity contribution is 7.07. The summed E-state index contributed by atoms with van der Waals surface area (Å²) in [5.41, 5.74) is 0.844. The molecular weight excluding hydrogens is 286 g/mol. The van der Waals surface area contributed by atoms with Crippen LogP contribution in [0, 0.1) is 0 Å². The second kappa shape index (κ2) is 7.38. The molecule has 0 aliphatic rings. The maximum absolute atomic E-state index is 11.8. The molecule has 6 heteroatoms. The van der Waals surface area contributed by atoms with Crippen LogP contribution in [0.3, 0.4) is 0 Å². The van der Waals surface area contributed by atoms with Crippen LogP contribution in [0.4, 0.5) is 0 Å². The average molecular weight is 307 g/mol. The lowest BCUT2D eigenvalue weighted by Gasteiger charge is -2.12. The zero-order chi connectivity index (χ0) is 15.2. The number of rotatable bonds is 7. The summed E-state index contributed by atoms with van der Waals surface area (Å²) in [5, 5.41) is 16.5. The zero-order valence-corrected chi connectivity index (χ0v) is 13.1. The summed E-state index contributed by atoms with van der Waals surface area (Å²) in [7, 11) is 0. The van der Waals surface area contributed by atoms with Crippen LogP contribution in [0.1, 0.15) is 43.7 Å². The number of thiophene rings is 1. The fraction of sp³-hybridized carbons (Fsp3) is 0.467. The molecule has 5 nitrogen and oxygen atoms in total. The molecule has 2 aromatic heterocycles. The second-order valence-corrected chi connectivity index (χ2v) is 6.04. The smallest absolute Gasteiger partial charge is 0.221 e. The third-order valence-electron chi connectivity index (χ3n) is 3.26. The highest BCUT2D eigenvalue weighted by Gasteiger charge is 2.11. The summed E-state index contributed by atoms with van der Waals surface area (Å²) in [4.78, 5) is 16.1. The van der Waals surface area contributed by atoms with Crippen LogP contribution < -0.4 is 5.32 Å². The minimum atomic E-state index is -0.639. The predicted octanol–water partition coefficient (Wildman–Crippen LogP) is 2.31. The number of aromatic nitrogens is 2. The molecule has 2 N–H and O–H groups in total. The minimum absolute atomic E-state index is 0.0623. The van der Waals surface area contributed by atoms with Crippen LogP contribution in [0.2, 0.25) is 0 Å². The quantitative estimate of drug-likeness (QED) is 0.825. The highest BCUT2D eigenvalue weighted by Crippen LogP contribution is 2.15. The maximum Gasteiger partial charge on any atom is 0.221 e. The third kappa shape index (κ3) is 4.41. The van der Waals surface area contributed by atoms with Crippen molar-refractivity contribution in [2.45, 2.75) is 38.8 Å². The second-order valence-electron chi connectivity index (χ2n) is 5.26. The molecule has 0 fully saturated rings. The molecule has 2 rings (SSSR count). The van der Waals surface area contributed by atoms with Gasteiger partial charge in [0, 0.05) is 37.8 Å². The van der Waals surface area contributed by atoms with Gasteiger partial charge in [0.05, 0.1) is 6.10 Å². The Bertz CT molecular complexity index is 563. The van der Waals surface area contributed by atoms with Gasteiger partial charge in [-0.1, -0.05) is 13.8 Å². The van der Waals surface area contributed by atoms with E-state index in [1.807, 2.05) is 27.6 Å². The van der Waals surface area contributed by atoms with Crippen molar-refractivity contribution in [1.29, 1.82) is 0 Å². The van der Waals surface area contributed by atoms with Crippen LogP contribution in [-0.4, -0.2) is 27.1 Å². The molecule has 2 aromatic rings. The highest BCUT2D eigenvalue weighted by atomic mass is 32.1. The third-order valence-corrected chi connectivity index (χ3v) is 3.97. The van der Waals surface area contributed by atoms with E-state index in [4.69, 9.17) is 0 Å². The van der Waals surface area contributed by atoms with E-state index in [2.05, 4.69) is 24.1 Å². The maximum atomic E-state index is 11.8. The largest absolute Gasteiger partial charge is 0.387 e. The molecule has 114 valence electrons. The van der Waals surface area contributed by atoms with Crippen molar-refractivity contribution in [3.63, 3.8) is 0 Å². The van der Waals surface area contributed by atoms with Gasteiger partial charge in [-0.25, -0.2) is 4.98 Å². The van der Waals surface area contributed by atoms with Crippen molar-refractivity contribution in [3.8, 4) is 0 Å². The van der Waals surface area contributed by atoms with E-state index in [-0.39, 0.29) is 12.5 Å². The Labute approximate surface area is 128 Å². The molecule has 2 heterocycles. The summed E-state index contributed by atoms with van der Waals surface area (Å²) < 4.78 is 2.00. The van der Waals surface area contributed by atoms with E-state index >= 15 is 0 Å². The van der Waals surface area contributed by atoms with Gasteiger partial charge in [0.25, 0.3) is 0 Å². The summed E-state index contributed by atoms with van der Waals surface area (Å²) in [6, 6.07) is 1.86. The van der Waals surface area contributed by atoms with E-state index < -0.39 is 6.10 Å². The molecule has 0 bridgehead atoms. The van der Waals surface area contributed by atoms with Crippen LogP contribution in [0.25, 0.3) is 0 Å². The van der Waals surface area contributed by atoms with E-state index in [9.17, 15) is 9.90 Å². The number of hydrogen-bond donors (Lipinski definition) is 2. The molecule has 21 heavy (non-hydrogen) atoms. The Kier molecular flexibility index (Phi) is 5.52.